The Hall–Kier alpha value is -1.38. The lowest BCUT2D eigenvalue weighted by molar-refractivity contribution is -0.0956. The molecule has 0 amide bonds. The summed E-state index contributed by atoms with van der Waals surface area (Å²) in [6.45, 7) is 2.46. The fourth-order valence-corrected chi connectivity index (χ4v) is 6.11. The molecule has 1 N–H and O–H groups in total. The maximum atomic E-state index is 12.9. The van der Waals surface area contributed by atoms with Crippen LogP contribution in [0.4, 0.5) is 0 Å². The fourth-order valence-electron chi connectivity index (χ4n) is 3.41. The first-order valence-electron chi connectivity index (χ1n) is 9.03. The average Bonchev–Trinajstić information content (AvgIpc) is 3.07. The Morgan fingerprint density at radius 2 is 1.85 bits per heavy atom. The lowest BCUT2D eigenvalue weighted by atomic mass is 10.1. The molecule has 5 nitrogen and oxygen atoms in total. The number of sulfonamides is 1. The van der Waals surface area contributed by atoms with Crippen LogP contribution in [0.5, 0.6) is 0 Å². The van der Waals surface area contributed by atoms with Gasteiger partial charge in [0.25, 0.3) is 0 Å². The molecule has 0 aromatic heterocycles. The summed E-state index contributed by atoms with van der Waals surface area (Å²) in [5, 5.41) is 0.0941. The lowest BCUT2D eigenvalue weighted by Gasteiger charge is -2.35. The summed E-state index contributed by atoms with van der Waals surface area (Å²) in [5.41, 5.74) is 2.25. The van der Waals surface area contributed by atoms with E-state index in [1.54, 1.807) is 36.0 Å². The quantitative estimate of drug-likeness (QED) is 0.800. The summed E-state index contributed by atoms with van der Waals surface area (Å²) in [5.74, 6) is 0.827. The van der Waals surface area contributed by atoms with E-state index in [1.165, 1.54) is 5.56 Å². The number of hydrogen-bond donors (Lipinski definition) is 1. The molecule has 2 saturated heterocycles. The van der Waals surface area contributed by atoms with Crippen LogP contribution in [0.1, 0.15) is 17.5 Å². The summed E-state index contributed by atoms with van der Waals surface area (Å²) in [6, 6.07) is 16.7. The molecule has 144 valence electrons. The van der Waals surface area contributed by atoms with E-state index >= 15 is 0 Å². The zero-order valence-corrected chi connectivity index (χ0v) is 16.7. The van der Waals surface area contributed by atoms with E-state index in [2.05, 4.69) is 16.9 Å². The zero-order chi connectivity index (χ0) is 18.9. The number of ether oxygens (including phenoxy) is 2. The maximum Gasteiger partial charge on any atom is 0.241 e. The third kappa shape index (κ3) is 4.38. The molecule has 2 heterocycles. The second-order valence-corrected chi connectivity index (χ2v) is 9.93. The van der Waals surface area contributed by atoms with Crippen LogP contribution in [0.25, 0.3) is 0 Å². The molecule has 27 heavy (non-hydrogen) atoms. The highest BCUT2D eigenvalue weighted by Crippen LogP contribution is 2.36. The van der Waals surface area contributed by atoms with E-state index in [4.69, 9.17) is 9.47 Å². The number of nitrogens with one attached hydrogen (secondary N) is 1. The molecule has 2 aliphatic heterocycles. The molecule has 2 bridgehead atoms. The van der Waals surface area contributed by atoms with Crippen LogP contribution >= 0.6 is 11.8 Å². The second kappa shape index (κ2) is 7.93. The number of fused-ring (bicyclic) bond motifs is 2. The van der Waals surface area contributed by atoms with Crippen LogP contribution in [-0.4, -0.2) is 38.7 Å². The van der Waals surface area contributed by atoms with E-state index in [0.717, 1.165) is 17.7 Å². The topological polar surface area (TPSA) is 64.6 Å². The van der Waals surface area contributed by atoms with Gasteiger partial charge in [-0.1, -0.05) is 48.0 Å². The summed E-state index contributed by atoms with van der Waals surface area (Å²) < 4.78 is 40.1. The molecule has 4 rings (SSSR count). The molecule has 0 aliphatic carbocycles. The summed E-state index contributed by atoms with van der Waals surface area (Å²) in [4.78, 5) is 0.264. The SMILES string of the molecule is Cc1ccc(S(=O)(=O)N[C@@H]2[C@@H]3OC[C@H](C[C@H]2SCc2ccccc2)O3)cc1. The smallest absolute Gasteiger partial charge is 0.241 e. The van der Waals surface area contributed by atoms with Crippen molar-refractivity contribution in [3.63, 3.8) is 0 Å². The van der Waals surface area contributed by atoms with Crippen LogP contribution in [-0.2, 0) is 25.2 Å². The molecule has 0 spiro atoms. The third-order valence-electron chi connectivity index (χ3n) is 4.89. The van der Waals surface area contributed by atoms with Gasteiger partial charge in [-0.2, -0.15) is 11.8 Å². The summed E-state index contributed by atoms with van der Waals surface area (Å²) in [7, 11) is -3.64. The third-order valence-corrected chi connectivity index (χ3v) is 7.78. The Bertz CT molecular complexity index is 871. The van der Waals surface area contributed by atoms with Crippen molar-refractivity contribution in [1.82, 2.24) is 4.72 Å². The van der Waals surface area contributed by atoms with Gasteiger partial charge >= 0.3 is 0 Å². The maximum absolute atomic E-state index is 12.9. The van der Waals surface area contributed by atoms with Crippen LogP contribution in [0.2, 0.25) is 0 Å². The van der Waals surface area contributed by atoms with Crippen molar-refractivity contribution in [2.75, 3.05) is 6.61 Å². The Balaban J connectivity index is 1.51. The van der Waals surface area contributed by atoms with E-state index < -0.39 is 22.4 Å². The highest BCUT2D eigenvalue weighted by Gasteiger charge is 2.46. The predicted octanol–water partition coefficient (Wildman–Crippen LogP) is 3.09. The van der Waals surface area contributed by atoms with Gasteiger partial charge in [-0.25, -0.2) is 13.1 Å². The van der Waals surface area contributed by atoms with Gasteiger partial charge in [-0.3, -0.25) is 0 Å². The van der Waals surface area contributed by atoms with Gasteiger partial charge in [0.2, 0.25) is 10.0 Å². The minimum atomic E-state index is -3.64. The molecule has 2 fully saturated rings. The van der Waals surface area contributed by atoms with Gasteiger partial charge in [0.05, 0.1) is 23.6 Å². The average molecular weight is 406 g/mol. The molecule has 7 heteroatoms. The number of hydrogen-bond acceptors (Lipinski definition) is 5. The van der Waals surface area contributed by atoms with Crippen molar-refractivity contribution in [2.24, 2.45) is 0 Å². The molecule has 0 unspecified atom stereocenters. The molecule has 2 aliphatic rings. The van der Waals surface area contributed by atoms with Crippen molar-refractivity contribution >= 4 is 21.8 Å². The Morgan fingerprint density at radius 3 is 2.59 bits per heavy atom. The van der Waals surface area contributed by atoms with Gasteiger partial charge in [0, 0.05) is 11.0 Å². The van der Waals surface area contributed by atoms with Gasteiger partial charge in [0.15, 0.2) is 6.29 Å². The Kier molecular flexibility index (Phi) is 5.57. The van der Waals surface area contributed by atoms with Crippen LogP contribution in [0, 0.1) is 6.92 Å². The monoisotopic (exact) mass is 405 g/mol. The van der Waals surface area contributed by atoms with Gasteiger partial charge in [0.1, 0.15) is 0 Å². The standard InChI is InChI=1S/C20H23NO4S2/c1-14-7-9-17(10-8-14)27(22,23)21-19-18(11-16-12-24-20(19)25-16)26-13-15-5-3-2-4-6-15/h2-10,16,18-21H,11-13H2,1H3/t16-,18+,19-,20+/m0/s1. The number of aryl methyl sites for hydroxylation is 1. The van der Waals surface area contributed by atoms with Crippen molar-refractivity contribution in [2.45, 2.75) is 47.7 Å². The summed E-state index contributed by atoms with van der Waals surface area (Å²) in [6.07, 6.45) is 0.287. The molecule has 2 aromatic carbocycles. The van der Waals surface area contributed by atoms with Crippen LogP contribution < -0.4 is 4.72 Å². The normalized spacial score (nSPS) is 27.6. The van der Waals surface area contributed by atoms with Crippen LogP contribution in [0.15, 0.2) is 59.5 Å². The van der Waals surface area contributed by atoms with Gasteiger partial charge < -0.3 is 9.47 Å². The highest BCUT2D eigenvalue weighted by atomic mass is 32.2. The molecule has 0 saturated carbocycles. The first-order valence-corrected chi connectivity index (χ1v) is 11.6. The molecule has 0 radical (unpaired) electrons. The van der Waals surface area contributed by atoms with E-state index in [-0.39, 0.29) is 16.2 Å². The first-order chi connectivity index (χ1) is 13.0. The van der Waals surface area contributed by atoms with Crippen molar-refractivity contribution in [1.29, 1.82) is 0 Å². The van der Waals surface area contributed by atoms with E-state index in [1.807, 2.05) is 25.1 Å². The second-order valence-electron chi connectivity index (χ2n) is 6.99. The van der Waals surface area contributed by atoms with E-state index in [9.17, 15) is 8.42 Å². The van der Waals surface area contributed by atoms with E-state index in [0.29, 0.717) is 6.61 Å². The first kappa shape index (κ1) is 19.0. The minimum Gasteiger partial charge on any atom is -0.348 e. The number of benzene rings is 2. The summed E-state index contributed by atoms with van der Waals surface area (Å²) >= 11 is 1.76. The van der Waals surface area contributed by atoms with Gasteiger partial charge in [-0.05, 0) is 31.0 Å². The fraction of sp³-hybridized carbons (Fsp3) is 0.400. The Labute approximate surface area is 164 Å². The van der Waals surface area contributed by atoms with Crippen molar-refractivity contribution < 1.29 is 17.9 Å². The molecule has 4 atom stereocenters. The van der Waals surface area contributed by atoms with Crippen LogP contribution in [0.3, 0.4) is 0 Å². The molecular weight excluding hydrogens is 382 g/mol. The lowest BCUT2D eigenvalue weighted by Crippen LogP contribution is -2.53. The largest absolute Gasteiger partial charge is 0.348 e. The predicted molar refractivity (Wildman–Crippen MR) is 106 cm³/mol. The van der Waals surface area contributed by atoms with Crippen molar-refractivity contribution in [3.05, 3.63) is 65.7 Å². The Morgan fingerprint density at radius 1 is 1.11 bits per heavy atom. The minimum absolute atomic E-state index is 0.0448. The number of thioether (sulfide) groups is 1. The van der Waals surface area contributed by atoms with Gasteiger partial charge in [-0.15, -0.1) is 0 Å². The highest BCUT2D eigenvalue weighted by molar-refractivity contribution is 7.99. The molecule has 2 aromatic rings. The number of rotatable bonds is 6. The zero-order valence-electron chi connectivity index (χ0n) is 15.1. The van der Waals surface area contributed by atoms with Crippen molar-refractivity contribution in [3.8, 4) is 0 Å². The molecular formula is C20H23NO4S2.